The van der Waals surface area contributed by atoms with Crippen molar-refractivity contribution in [2.45, 2.75) is 63.6 Å². The lowest BCUT2D eigenvalue weighted by Crippen LogP contribution is -2.56. The molecule has 0 aromatic heterocycles. The van der Waals surface area contributed by atoms with Crippen molar-refractivity contribution in [1.82, 2.24) is 0 Å². The SMILES string of the molecule is O=C1CC(OC2CCOC2)C12CCCCCC2. The Labute approximate surface area is 103 Å². The van der Waals surface area contributed by atoms with Crippen LogP contribution in [0.4, 0.5) is 0 Å². The fraction of sp³-hybridized carbons (Fsp3) is 0.929. The topological polar surface area (TPSA) is 35.5 Å². The van der Waals surface area contributed by atoms with E-state index in [4.69, 9.17) is 9.47 Å². The predicted molar refractivity (Wildman–Crippen MR) is 63.9 cm³/mol. The van der Waals surface area contributed by atoms with E-state index in [9.17, 15) is 4.79 Å². The molecule has 3 aliphatic rings. The van der Waals surface area contributed by atoms with E-state index in [-0.39, 0.29) is 17.6 Å². The zero-order chi connectivity index (χ0) is 11.7. The Balaban J connectivity index is 1.65. The van der Waals surface area contributed by atoms with Gasteiger partial charge in [-0.15, -0.1) is 0 Å². The first-order valence-electron chi connectivity index (χ1n) is 7.08. The van der Waals surface area contributed by atoms with E-state index in [2.05, 4.69) is 0 Å². The van der Waals surface area contributed by atoms with Crippen LogP contribution in [0.1, 0.15) is 51.4 Å². The van der Waals surface area contributed by atoms with Gasteiger partial charge in [-0.1, -0.05) is 25.7 Å². The van der Waals surface area contributed by atoms with Crippen molar-refractivity contribution < 1.29 is 14.3 Å². The van der Waals surface area contributed by atoms with Crippen LogP contribution >= 0.6 is 0 Å². The van der Waals surface area contributed by atoms with Gasteiger partial charge in [0.2, 0.25) is 0 Å². The van der Waals surface area contributed by atoms with Crippen LogP contribution in [-0.2, 0) is 14.3 Å². The molecule has 17 heavy (non-hydrogen) atoms. The fourth-order valence-corrected chi connectivity index (χ4v) is 3.61. The van der Waals surface area contributed by atoms with E-state index in [1.807, 2.05) is 0 Å². The van der Waals surface area contributed by atoms with E-state index >= 15 is 0 Å². The van der Waals surface area contributed by atoms with Gasteiger partial charge in [-0.2, -0.15) is 0 Å². The summed E-state index contributed by atoms with van der Waals surface area (Å²) in [5.41, 5.74) is -0.0981. The Morgan fingerprint density at radius 1 is 1.18 bits per heavy atom. The molecule has 3 rings (SSSR count). The standard InChI is InChI=1S/C14H22O3/c15-12-9-13(17-11-5-8-16-10-11)14(12)6-3-1-2-4-7-14/h11,13H,1-10H2. The third-order valence-electron chi connectivity index (χ3n) is 4.78. The molecule has 1 saturated heterocycles. The van der Waals surface area contributed by atoms with Gasteiger partial charge in [-0.3, -0.25) is 4.79 Å². The maximum absolute atomic E-state index is 12.0. The number of ether oxygens (including phenoxy) is 2. The summed E-state index contributed by atoms with van der Waals surface area (Å²) in [5, 5.41) is 0. The highest BCUT2D eigenvalue weighted by Crippen LogP contribution is 2.50. The average molecular weight is 238 g/mol. The van der Waals surface area contributed by atoms with Crippen molar-refractivity contribution in [1.29, 1.82) is 0 Å². The van der Waals surface area contributed by atoms with Gasteiger partial charge in [0.05, 0.1) is 24.2 Å². The molecule has 0 amide bonds. The Hall–Kier alpha value is -0.410. The average Bonchev–Trinajstić information content (AvgIpc) is 2.70. The molecule has 0 N–H and O–H groups in total. The number of carbonyl (C=O) groups excluding carboxylic acids is 1. The van der Waals surface area contributed by atoms with Crippen molar-refractivity contribution in [3.05, 3.63) is 0 Å². The Morgan fingerprint density at radius 2 is 1.94 bits per heavy atom. The summed E-state index contributed by atoms with van der Waals surface area (Å²) < 4.78 is 11.5. The number of rotatable bonds is 2. The van der Waals surface area contributed by atoms with Crippen molar-refractivity contribution in [3.8, 4) is 0 Å². The van der Waals surface area contributed by atoms with Gasteiger partial charge in [0.25, 0.3) is 0 Å². The molecule has 1 heterocycles. The molecule has 0 aromatic rings. The van der Waals surface area contributed by atoms with Crippen molar-refractivity contribution in [3.63, 3.8) is 0 Å². The normalized spacial score (nSPS) is 36.8. The first-order chi connectivity index (χ1) is 8.31. The lowest BCUT2D eigenvalue weighted by Gasteiger charge is -2.48. The van der Waals surface area contributed by atoms with Gasteiger partial charge in [-0.25, -0.2) is 0 Å². The van der Waals surface area contributed by atoms with Crippen LogP contribution < -0.4 is 0 Å². The molecule has 3 nitrogen and oxygen atoms in total. The van der Waals surface area contributed by atoms with E-state index in [1.54, 1.807) is 0 Å². The maximum Gasteiger partial charge on any atom is 0.144 e. The number of Topliss-reactive ketones (excluding diaryl/α,β-unsaturated/α-hetero) is 1. The van der Waals surface area contributed by atoms with Gasteiger partial charge in [-0.05, 0) is 19.3 Å². The highest BCUT2D eigenvalue weighted by Gasteiger charge is 2.55. The number of hydrogen-bond acceptors (Lipinski definition) is 3. The van der Waals surface area contributed by atoms with E-state index < -0.39 is 0 Å². The summed E-state index contributed by atoms with van der Waals surface area (Å²) in [6.07, 6.45) is 9.18. The van der Waals surface area contributed by atoms with Crippen molar-refractivity contribution >= 4 is 5.78 Å². The van der Waals surface area contributed by atoms with Crippen LogP contribution in [-0.4, -0.2) is 31.2 Å². The second-order valence-electron chi connectivity index (χ2n) is 5.81. The minimum atomic E-state index is -0.0981. The third kappa shape index (κ3) is 2.04. The van der Waals surface area contributed by atoms with Crippen molar-refractivity contribution in [2.24, 2.45) is 5.41 Å². The number of carbonyl (C=O) groups is 1. The van der Waals surface area contributed by atoms with Crippen LogP contribution in [0.2, 0.25) is 0 Å². The Kier molecular flexibility index (Phi) is 3.22. The third-order valence-corrected chi connectivity index (χ3v) is 4.78. The summed E-state index contributed by atoms with van der Waals surface area (Å²) in [6, 6.07) is 0. The summed E-state index contributed by atoms with van der Waals surface area (Å²) in [6.45, 7) is 1.54. The second kappa shape index (κ2) is 4.69. The molecular formula is C14H22O3. The summed E-state index contributed by atoms with van der Waals surface area (Å²) in [5.74, 6) is 0.461. The molecule has 2 aliphatic carbocycles. The Morgan fingerprint density at radius 3 is 2.53 bits per heavy atom. The van der Waals surface area contributed by atoms with E-state index in [0.29, 0.717) is 12.2 Å². The predicted octanol–water partition coefficient (Wildman–Crippen LogP) is 2.47. The molecule has 2 unspecified atom stereocenters. The van der Waals surface area contributed by atoms with Gasteiger partial charge in [0.15, 0.2) is 0 Å². The molecule has 0 radical (unpaired) electrons. The molecule has 0 aromatic carbocycles. The lowest BCUT2D eigenvalue weighted by atomic mass is 9.60. The van der Waals surface area contributed by atoms with Crippen LogP contribution in [0.5, 0.6) is 0 Å². The maximum atomic E-state index is 12.0. The largest absolute Gasteiger partial charge is 0.379 e. The quantitative estimate of drug-likeness (QED) is 0.741. The van der Waals surface area contributed by atoms with E-state index in [1.165, 1.54) is 25.7 Å². The zero-order valence-corrected chi connectivity index (χ0v) is 10.5. The highest BCUT2D eigenvalue weighted by atomic mass is 16.6. The van der Waals surface area contributed by atoms with Gasteiger partial charge >= 0.3 is 0 Å². The first-order valence-corrected chi connectivity index (χ1v) is 7.08. The van der Waals surface area contributed by atoms with Crippen LogP contribution in [0.25, 0.3) is 0 Å². The van der Waals surface area contributed by atoms with Crippen LogP contribution in [0.15, 0.2) is 0 Å². The molecule has 2 atom stereocenters. The first kappa shape index (κ1) is 11.7. The molecular weight excluding hydrogens is 216 g/mol. The minimum Gasteiger partial charge on any atom is -0.379 e. The van der Waals surface area contributed by atoms with E-state index in [0.717, 1.165) is 32.5 Å². The van der Waals surface area contributed by atoms with Crippen LogP contribution in [0, 0.1) is 5.41 Å². The summed E-state index contributed by atoms with van der Waals surface area (Å²) in [4.78, 5) is 12.0. The molecule has 3 heteroatoms. The van der Waals surface area contributed by atoms with Gasteiger partial charge in [0.1, 0.15) is 5.78 Å². The molecule has 2 saturated carbocycles. The monoisotopic (exact) mass is 238 g/mol. The lowest BCUT2D eigenvalue weighted by molar-refractivity contribution is -0.174. The van der Waals surface area contributed by atoms with Crippen LogP contribution in [0.3, 0.4) is 0 Å². The summed E-state index contributed by atoms with van der Waals surface area (Å²) in [7, 11) is 0. The summed E-state index contributed by atoms with van der Waals surface area (Å²) >= 11 is 0. The second-order valence-corrected chi connectivity index (χ2v) is 5.81. The molecule has 0 bridgehead atoms. The highest BCUT2D eigenvalue weighted by molar-refractivity contribution is 5.92. The van der Waals surface area contributed by atoms with Gasteiger partial charge < -0.3 is 9.47 Å². The molecule has 1 aliphatic heterocycles. The molecule has 1 spiro atoms. The Bertz CT molecular complexity index is 286. The van der Waals surface area contributed by atoms with Crippen molar-refractivity contribution in [2.75, 3.05) is 13.2 Å². The minimum absolute atomic E-state index is 0.0981. The smallest absolute Gasteiger partial charge is 0.144 e. The van der Waals surface area contributed by atoms with Gasteiger partial charge in [0, 0.05) is 13.0 Å². The number of ketones is 1. The number of hydrogen-bond donors (Lipinski definition) is 0. The molecule has 96 valence electrons. The molecule has 3 fully saturated rings. The zero-order valence-electron chi connectivity index (χ0n) is 10.5. The fourth-order valence-electron chi connectivity index (χ4n) is 3.61.